The maximum absolute atomic E-state index is 12.8. The minimum absolute atomic E-state index is 0.169. The number of hydrogen-bond acceptors (Lipinski definition) is 6. The topological polar surface area (TPSA) is 165 Å². The van der Waals surface area contributed by atoms with Gasteiger partial charge in [0.1, 0.15) is 18.1 Å². The zero-order valence-corrected chi connectivity index (χ0v) is 17.4. The summed E-state index contributed by atoms with van der Waals surface area (Å²) in [5.74, 6) is -2.91. The normalized spacial score (nSPS) is 19.0. The first kappa shape index (κ1) is 23.3. The van der Waals surface area contributed by atoms with Crippen LogP contribution in [-0.2, 0) is 25.6 Å². The Labute approximate surface area is 174 Å². The van der Waals surface area contributed by atoms with E-state index in [1.807, 2.05) is 0 Å². The first-order valence-corrected chi connectivity index (χ1v) is 10.0. The van der Waals surface area contributed by atoms with Crippen LogP contribution in [0.1, 0.15) is 39.3 Å². The molecule has 1 aliphatic heterocycles. The van der Waals surface area contributed by atoms with E-state index in [1.165, 1.54) is 13.3 Å². The fraction of sp³-hybridized carbons (Fsp3) is 0.632. The fourth-order valence-corrected chi connectivity index (χ4v) is 3.18. The number of aliphatic carboxylic acids is 1. The van der Waals surface area contributed by atoms with Crippen LogP contribution in [0.15, 0.2) is 12.5 Å². The lowest BCUT2D eigenvalue weighted by Gasteiger charge is -2.24. The van der Waals surface area contributed by atoms with Crippen molar-refractivity contribution >= 4 is 23.7 Å². The van der Waals surface area contributed by atoms with E-state index in [2.05, 4.69) is 31.2 Å². The summed E-state index contributed by atoms with van der Waals surface area (Å²) in [5, 5.41) is 20.0. The molecule has 0 spiro atoms. The molecule has 0 aliphatic carbocycles. The van der Waals surface area contributed by atoms with Gasteiger partial charge in [-0.05, 0) is 32.2 Å². The number of amides is 3. The van der Waals surface area contributed by atoms with E-state index in [0.717, 1.165) is 13.0 Å². The maximum atomic E-state index is 12.8. The monoisotopic (exact) mass is 422 g/mol. The number of rotatable bonds is 10. The van der Waals surface area contributed by atoms with E-state index in [-0.39, 0.29) is 24.3 Å². The Morgan fingerprint density at radius 3 is 2.43 bits per heavy atom. The Hall–Kier alpha value is -2.95. The van der Waals surface area contributed by atoms with Crippen molar-refractivity contribution < 1.29 is 24.3 Å². The van der Waals surface area contributed by atoms with Gasteiger partial charge in [0.2, 0.25) is 17.7 Å². The highest BCUT2D eigenvalue weighted by atomic mass is 16.4. The van der Waals surface area contributed by atoms with E-state index in [4.69, 9.17) is 0 Å². The van der Waals surface area contributed by atoms with Gasteiger partial charge in [0.15, 0.2) is 0 Å². The largest absolute Gasteiger partial charge is 0.480 e. The number of carbonyl (C=O) groups is 4. The molecule has 6 N–H and O–H groups in total. The molecule has 1 fully saturated rings. The first-order valence-electron chi connectivity index (χ1n) is 10.0. The fourth-order valence-electron chi connectivity index (χ4n) is 3.18. The molecule has 11 heteroatoms. The summed E-state index contributed by atoms with van der Waals surface area (Å²) < 4.78 is 0. The summed E-state index contributed by atoms with van der Waals surface area (Å²) in [7, 11) is 0. The molecule has 2 heterocycles. The summed E-state index contributed by atoms with van der Waals surface area (Å²) in [5.41, 5.74) is 0.651. The molecule has 1 saturated heterocycles. The maximum Gasteiger partial charge on any atom is 0.326 e. The van der Waals surface area contributed by atoms with Crippen LogP contribution in [0.2, 0.25) is 0 Å². The molecule has 166 valence electrons. The Kier molecular flexibility index (Phi) is 8.34. The van der Waals surface area contributed by atoms with Crippen LogP contribution in [0.3, 0.4) is 0 Å². The van der Waals surface area contributed by atoms with Crippen molar-refractivity contribution in [2.24, 2.45) is 5.92 Å². The molecule has 3 amide bonds. The average Bonchev–Trinajstić information content (AvgIpc) is 3.38. The minimum atomic E-state index is -1.15. The summed E-state index contributed by atoms with van der Waals surface area (Å²) in [4.78, 5) is 55.8. The van der Waals surface area contributed by atoms with Crippen LogP contribution in [0.4, 0.5) is 0 Å². The SMILES string of the molecule is CC(NC(=O)C(Cc1cnc[nH]1)NC(=O)C1CCCN1)C(=O)NC(C(=O)O)C(C)C. The van der Waals surface area contributed by atoms with E-state index in [0.29, 0.717) is 12.1 Å². The highest BCUT2D eigenvalue weighted by molar-refractivity contribution is 5.94. The van der Waals surface area contributed by atoms with Gasteiger partial charge in [0.05, 0.1) is 12.4 Å². The lowest BCUT2D eigenvalue weighted by molar-refractivity contribution is -0.143. The Bertz CT molecular complexity index is 745. The van der Waals surface area contributed by atoms with Crippen molar-refractivity contribution in [1.82, 2.24) is 31.2 Å². The molecule has 1 aromatic rings. The van der Waals surface area contributed by atoms with E-state index in [9.17, 15) is 24.3 Å². The van der Waals surface area contributed by atoms with Crippen LogP contribution >= 0.6 is 0 Å². The van der Waals surface area contributed by atoms with Crippen LogP contribution in [0.25, 0.3) is 0 Å². The molecule has 0 saturated carbocycles. The minimum Gasteiger partial charge on any atom is -0.480 e. The molecule has 2 rings (SSSR count). The summed E-state index contributed by atoms with van der Waals surface area (Å²) >= 11 is 0. The Balaban J connectivity index is 2.01. The second kappa shape index (κ2) is 10.7. The highest BCUT2D eigenvalue weighted by Crippen LogP contribution is 2.07. The van der Waals surface area contributed by atoms with Crippen molar-refractivity contribution in [3.05, 3.63) is 18.2 Å². The van der Waals surface area contributed by atoms with Crippen LogP contribution in [0, 0.1) is 5.92 Å². The highest BCUT2D eigenvalue weighted by Gasteiger charge is 2.31. The molecule has 1 aromatic heterocycles. The zero-order chi connectivity index (χ0) is 22.3. The van der Waals surface area contributed by atoms with Crippen LogP contribution in [-0.4, -0.2) is 69.5 Å². The van der Waals surface area contributed by atoms with Crippen molar-refractivity contribution in [3.8, 4) is 0 Å². The molecule has 30 heavy (non-hydrogen) atoms. The second-order valence-corrected chi connectivity index (χ2v) is 7.79. The zero-order valence-electron chi connectivity index (χ0n) is 17.4. The standard InChI is InChI=1S/C19H30N6O5/c1-10(2)15(19(29)30)25-16(26)11(3)23-18(28)14(7-12-8-20-9-22-12)24-17(27)13-5-4-6-21-13/h8-11,13-15,21H,4-7H2,1-3H3,(H,20,22)(H,23,28)(H,24,27)(H,25,26)(H,29,30). The number of aromatic amines is 1. The number of carboxylic acids is 1. The summed E-state index contributed by atoms with van der Waals surface area (Å²) in [6.07, 6.45) is 4.76. The molecule has 4 atom stereocenters. The molecular weight excluding hydrogens is 392 g/mol. The van der Waals surface area contributed by atoms with Gasteiger partial charge in [-0.15, -0.1) is 0 Å². The molecule has 11 nitrogen and oxygen atoms in total. The molecule has 0 radical (unpaired) electrons. The lowest BCUT2D eigenvalue weighted by Crippen LogP contribution is -2.57. The van der Waals surface area contributed by atoms with Gasteiger partial charge in [-0.3, -0.25) is 14.4 Å². The van der Waals surface area contributed by atoms with E-state index in [1.54, 1.807) is 20.0 Å². The van der Waals surface area contributed by atoms with Gasteiger partial charge in [0.25, 0.3) is 0 Å². The number of nitrogens with zero attached hydrogens (tertiary/aromatic N) is 1. The summed E-state index contributed by atoms with van der Waals surface area (Å²) in [6.45, 7) is 5.55. The third kappa shape index (κ3) is 6.55. The Morgan fingerprint density at radius 1 is 1.17 bits per heavy atom. The lowest BCUT2D eigenvalue weighted by atomic mass is 10.0. The number of carbonyl (C=O) groups excluding carboxylic acids is 3. The number of carboxylic acid groups (broad SMARTS) is 1. The van der Waals surface area contributed by atoms with Crippen molar-refractivity contribution in [2.75, 3.05) is 6.54 Å². The van der Waals surface area contributed by atoms with Crippen molar-refractivity contribution in [1.29, 1.82) is 0 Å². The number of aromatic nitrogens is 2. The van der Waals surface area contributed by atoms with Crippen molar-refractivity contribution in [3.63, 3.8) is 0 Å². The molecular formula is C19H30N6O5. The first-order chi connectivity index (χ1) is 14.2. The number of hydrogen-bond donors (Lipinski definition) is 6. The van der Waals surface area contributed by atoms with Crippen LogP contribution < -0.4 is 21.3 Å². The van der Waals surface area contributed by atoms with Gasteiger partial charge in [-0.2, -0.15) is 0 Å². The van der Waals surface area contributed by atoms with Crippen molar-refractivity contribution in [2.45, 2.75) is 64.2 Å². The second-order valence-electron chi connectivity index (χ2n) is 7.79. The van der Waals surface area contributed by atoms with E-state index >= 15 is 0 Å². The predicted octanol–water partition coefficient (Wildman–Crippen LogP) is -1.08. The summed E-state index contributed by atoms with van der Waals surface area (Å²) in [6, 6.07) is -3.32. The number of imidazole rings is 1. The van der Waals surface area contributed by atoms with Gasteiger partial charge in [-0.1, -0.05) is 13.8 Å². The third-order valence-corrected chi connectivity index (χ3v) is 4.97. The number of nitrogens with one attached hydrogen (secondary N) is 5. The molecule has 0 aromatic carbocycles. The van der Waals surface area contributed by atoms with Gasteiger partial charge in [0, 0.05) is 18.3 Å². The Morgan fingerprint density at radius 2 is 1.90 bits per heavy atom. The van der Waals surface area contributed by atoms with Gasteiger partial charge >= 0.3 is 5.97 Å². The van der Waals surface area contributed by atoms with Gasteiger partial charge in [-0.25, -0.2) is 9.78 Å². The number of H-pyrrole nitrogens is 1. The third-order valence-electron chi connectivity index (χ3n) is 4.97. The van der Waals surface area contributed by atoms with E-state index < -0.39 is 35.9 Å². The average molecular weight is 422 g/mol. The predicted molar refractivity (Wildman–Crippen MR) is 107 cm³/mol. The van der Waals surface area contributed by atoms with Crippen LogP contribution in [0.5, 0.6) is 0 Å². The molecule has 4 unspecified atom stereocenters. The van der Waals surface area contributed by atoms with Gasteiger partial charge < -0.3 is 31.4 Å². The molecule has 0 bridgehead atoms. The quantitative estimate of drug-likeness (QED) is 0.279. The smallest absolute Gasteiger partial charge is 0.326 e. The molecule has 1 aliphatic rings.